The number of carbonyl (C=O) groups is 1. The summed E-state index contributed by atoms with van der Waals surface area (Å²) in [5, 5.41) is 5.25. The zero-order valence-electron chi connectivity index (χ0n) is 19.4. The van der Waals surface area contributed by atoms with Crippen molar-refractivity contribution in [3.8, 4) is 17.1 Å². The van der Waals surface area contributed by atoms with Crippen molar-refractivity contribution < 1.29 is 9.53 Å². The summed E-state index contributed by atoms with van der Waals surface area (Å²) in [4.78, 5) is 31.7. The fraction of sp³-hybridized carbons (Fsp3) is 0.185. The zero-order chi connectivity index (χ0) is 24.0. The molecule has 0 aliphatic heterocycles. The molecule has 0 saturated carbocycles. The van der Waals surface area contributed by atoms with Gasteiger partial charge in [0.1, 0.15) is 5.75 Å². The monoisotopic (exact) mass is 452 g/mol. The van der Waals surface area contributed by atoms with Crippen molar-refractivity contribution in [1.82, 2.24) is 19.2 Å². The Labute approximate surface area is 196 Å². The van der Waals surface area contributed by atoms with Crippen LogP contribution in [0.1, 0.15) is 34.5 Å². The van der Waals surface area contributed by atoms with Gasteiger partial charge in [0.05, 0.1) is 18.7 Å². The van der Waals surface area contributed by atoms with Gasteiger partial charge in [0.25, 0.3) is 0 Å². The number of fused-ring (bicyclic) bond motifs is 3. The predicted molar refractivity (Wildman–Crippen MR) is 132 cm³/mol. The molecule has 2 heterocycles. The molecular formula is C27H24N4O3. The third-order valence-electron chi connectivity index (χ3n) is 6.31. The minimum atomic E-state index is -0.724. The average molecular weight is 453 g/mol. The Bertz CT molecular complexity index is 1610. The molecule has 1 atom stereocenters. The summed E-state index contributed by atoms with van der Waals surface area (Å²) in [5.74, 6) is 1.01. The van der Waals surface area contributed by atoms with E-state index in [1.807, 2.05) is 80.6 Å². The summed E-state index contributed by atoms with van der Waals surface area (Å²) in [5.41, 5.74) is 4.16. The highest BCUT2D eigenvalue weighted by Gasteiger charge is 2.24. The third kappa shape index (κ3) is 3.46. The zero-order valence-corrected chi connectivity index (χ0v) is 19.4. The van der Waals surface area contributed by atoms with Gasteiger partial charge in [0.2, 0.25) is 0 Å². The first-order valence-electron chi connectivity index (χ1n) is 11.0. The number of benzene rings is 3. The molecule has 170 valence electrons. The van der Waals surface area contributed by atoms with Crippen LogP contribution in [0, 0.1) is 13.8 Å². The van der Waals surface area contributed by atoms with Crippen molar-refractivity contribution in [3.63, 3.8) is 0 Å². The molecule has 0 bridgehead atoms. The van der Waals surface area contributed by atoms with E-state index in [-0.39, 0.29) is 5.78 Å². The fourth-order valence-electron chi connectivity index (χ4n) is 4.19. The van der Waals surface area contributed by atoms with Crippen LogP contribution in [-0.4, -0.2) is 32.1 Å². The molecule has 0 amide bonds. The quantitative estimate of drug-likeness (QED) is 0.359. The fourth-order valence-corrected chi connectivity index (χ4v) is 4.19. The Hall–Kier alpha value is -4.26. The Balaban J connectivity index is 1.69. The summed E-state index contributed by atoms with van der Waals surface area (Å²) in [6.45, 7) is 5.73. The van der Waals surface area contributed by atoms with Crippen LogP contribution < -0.4 is 10.4 Å². The molecule has 7 nitrogen and oxygen atoms in total. The number of Topliss-reactive ketones (excluding diaryl/α,β-unsaturated/α-hetero) is 1. The molecule has 0 aliphatic carbocycles. The van der Waals surface area contributed by atoms with Crippen molar-refractivity contribution >= 4 is 22.3 Å². The standard InChI is InChI=1S/C27H24N4O3/c1-16-9-10-20(15-17(16)2)24(32)18(3)30-23-8-6-5-7-22(23)26-28-25(29-31(26)27(30)33)19-11-13-21(34-4)14-12-19/h5-15,18H,1-4H3. The van der Waals surface area contributed by atoms with Gasteiger partial charge in [-0.25, -0.2) is 9.78 Å². The summed E-state index contributed by atoms with van der Waals surface area (Å²) in [6, 6.07) is 19.7. The van der Waals surface area contributed by atoms with Gasteiger partial charge in [-0.3, -0.25) is 9.36 Å². The van der Waals surface area contributed by atoms with Crippen molar-refractivity contribution in [2.24, 2.45) is 0 Å². The molecule has 0 saturated heterocycles. The van der Waals surface area contributed by atoms with Gasteiger partial charge in [-0.1, -0.05) is 24.3 Å². The van der Waals surface area contributed by atoms with E-state index in [0.29, 0.717) is 22.6 Å². The van der Waals surface area contributed by atoms with Crippen LogP contribution >= 0.6 is 0 Å². The van der Waals surface area contributed by atoms with Crippen molar-refractivity contribution in [3.05, 3.63) is 93.9 Å². The molecule has 0 spiro atoms. The van der Waals surface area contributed by atoms with Crippen LogP contribution in [0.2, 0.25) is 0 Å². The second-order valence-corrected chi connectivity index (χ2v) is 8.41. The Kier molecular flexibility index (Phi) is 5.24. The number of carbonyl (C=O) groups excluding carboxylic acids is 1. The van der Waals surface area contributed by atoms with E-state index in [2.05, 4.69) is 10.1 Å². The first-order valence-corrected chi connectivity index (χ1v) is 11.0. The number of hydrogen-bond acceptors (Lipinski definition) is 5. The van der Waals surface area contributed by atoms with Crippen molar-refractivity contribution in [1.29, 1.82) is 0 Å². The van der Waals surface area contributed by atoms with Crippen LogP contribution in [0.4, 0.5) is 0 Å². The summed E-state index contributed by atoms with van der Waals surface area (Å²) in [7, 11) is 1.60. The number of aryl methyl sites for hydroxylation is 2. The smallest absolute Gasteiger partial charge is 0.351 e. The average Bonchev–Trinajstić information content (AvgIpc) is 3.31. The number of aromatic nitrogens is 4. The molecule has 5 aromatic rings. The summed E-state index contributed by atoms with van der Waals surface area (Å²) >= 11 is 0. The number of hydrogen-bond donors (Lipinski definition) is 0. The molecule has 5 rings (SSSR count). The first kappa shape index (κ1) is 21.6. The van der Waals surface area contributed by atoms with Crippen molar-refractivity contribution in [2.45, 2.75) is 26.8 Å². The lowest BCUT2D eigenvalue weighted by Gasteiger charge is -2.17. The minimum absolute atomic E-state index is 0.134. The molecule has 3 aromatic carbocycles. The van der Waals surface area contributed by atoms with Gasteiger partial charge >= 0.3 is 5.69 Å². The van der Waals surface area contributed by atoms with E-state index < -0.39 is 11.7 Å². The number of para-hydroxylation sites is 1. The molecule has 7 heteroatoms. The van der Waals surface area contributed by atoms with E-state index in [9.17, 15) is 9.59 Å². The summed E-state index contributed by atoms with van der Waals surface area (Å²) < 4.78 is 8.01. The van der Waals surface area contributed by atoms with Gasteiger partial charge in [-0.05, 0) is 74.4 Å². The van der Waals surface area contributed by atoms with Gasteiger partial charge < -0.3 is 4.74 Å². The lowest BCUT2D eigenvalue weighted by Crippen LogP contribution is -2.33. The molecule has 0 fully saturated rings. The molecule has 0 aliphatic rings. The van der Waals surface area contributed by atoms with Crippen LogP contribution in [0.15, 0.2) is 71.5 Å². The van der Waals surface area contributed by atoms with Crippen LogP contribution in [0.5, 0.6) is 5.75 Å². The summed E-state index contributed by atoms with van der Waals surface area (Å²) in [6.07, 6.45) is 0. The minimum Gasteiger partial charge on any atom is -0.497 e. The molecule has 0 N–H and O–H groups in total. The molecule has 2 aromatic heterocycles. The molecular weight excluding hydrogens is 428 g/mol. The van der Waals surface area contributed by atoms with E-state index in [1.165, 1.54) is 9.08 Å². The second-order valence-electron chi connectivity index (χ2n) is 8.41. The van der Waals surface area contributed by atoms with E-state index in [4.69, 9.17) is 4.74 Å². The normalized spacial score (nSPS) is 12.2. The number of nitrogens with zero attached hydrogens (tertiary/aromatic N) is 4. The van der Waals surface area contributed by atoms with Crippen LogP contribution in [-0.2, 0) is 0 Å². The van der Waals surface area contributed by atoms with Crippen molar-refractivity contribution in [2.75, 3.05) is 7.11 Å². The topological polar surface area (TPSA) is 78.5 Å². The Morgan fingerprint density at radius 3 is 2.41 bits per heavy atom. The van der Waals surface area contributed by atoms with E-state index in [0.717, 1.165) is 27.8 Å². The number of methoxy groups -OCH3 is 1. The molecule has 0 radical (unpaired) electrons. The van der Waals surface area contributed by atoms with Gasteiger partial charge in [-0.2, -0.15) is 4.52 Å². The maximum Gasteiger partial charge on any atom is 0.351 e. The SMILES string of the molecule is COc1ccc(-c2nc3c4ccccc4n(C(C)C(=O)c4ccc(C)c(C)c4)c(=O)n3n2)cc1. The largest absolute Gasteiger partial charge is 0.497 e. The number of ether oxygens (including phenoxy) is 1. The highest BCUT2D eigenvalue weighted by atomic mass is 16.5. The maximum atomic E-state index is 13.6. The van der Waals surface area contributed by atoms with E-state index >= 15 is 0 Å². The lowest BCUT2D eigenvalue weighted by atomic mass is 10.00. The highest BCUT2D eigenvalue weighted by molar-refractivity contribution is 6.00. The predicted octanol–water partition coefficient (Wildman–Crippen LogP) is 4.78. The first-order chi connectivity index (χ1) is 16.4. The van der Waals surface area contributed by atoms with E-state index in [1.54, 1.807) is 14.0 Å². The van der Waals surface area contributed by atoms with Crippen LogP contribution in [0.25, 0.3) is 27.9 Å². The number of ketones is 1. The molecule has 1 unspecified atom stereocenters. The highest BCUT2D eigenvalue weighted by Crippen LogP contribution is 2.25. The van der Waals surface area contributed by atoms with Crippen LogP contribution in [0.3, 0.4) is 0 Å². The molecule has 34 heavy (non-hydrogen) atoms. The second kappa shape index (κ2) is 8.26. The van der Waals surface area contributed by atoms with Gasteiger partial charge in [-0.15, -0.1) is 5.10 Å². The third-order valence-corrected chi connectivity index (χ3v) is 6.31. The maximum absolute atomic E-state index is 13.6. The Morgan fingerprint density at radius 2 is 1.71 bits per heavy atom. The van der Waals surface area contributed by atoms with Gasteiger partial charge in [0, 0.05) is 16.5 Å². The Morgan fingerprint density at radius 1 is 0.971 bits per heavy atom. The van der Waals surface area contributed by atoms with Gasteiger partial charge in [0.15, 0.2) is 17.3 Å². The number of rotatable bonds is 5. The lowest BCUT2D eigenvalue weighted by molar-refractivity contribution is 0.0934.